The quantitative estimate of drug-likeness (QED) is 0.893. The van der Waals surface area contributed by atoms with Gasteiger partial charge in [0.25, 0.3) is 5.91 Å². The summed E-state index contributed by atoms with van der Waals surface area (Å²) in [7, 11) is 0. The summed E-state index contributed by atoms with van der Waals surface area (Å²) in [5.41, 5.74) is 8.00. The van der Waals surface area contributed by atoms with Crippen LogP contribution in [0.2, 0.25) is 0 Å². The second kappa shape index (κ2) is 7.04. The zero-order valence-electron chi connectivity index (χ0n) is 14.4. The van der Waals surface area contributed by atoms with Gasteiger partial charge in [0.1, 0.15) is 17.5 Å². The number of anilines is 2. The van der Waals surface area contributed by atoms with Gasteiger partial charge in [-0.3, -0.25) is 4.79 Å². The van der Waals surface area contributed by atoms with Crippen LogP contribution < -0.4 is 16.0 Å². The minimum absolute atomic E-state index is 0.00796. The fourth-order valence-corrected chi connectivity index (χ4v) is 3.21. The van der Waals surface area contributed by atoms with Gasteiger partial charge in [-0.2, -0.15) is 0 Å². The lowest BCUT2D eigenvalue weighted by atomic mass is 10.0. The van der Waals surface area contributed by atoms with Gasteiger partial charge < -0.3 is 16.0 Å². The molecule has 1 aliphatic rings. The molecule has 1 unspecified atom stereocenters. The van der Waals surface area contributed by atoms with Crippen LogP contribution in [0.3, 0.4) is 0 Å². The Morgan fingerprint density at radius 1 is 1.40 bits per heavy atom. The van der Waals surface area contributed by atoms with Gasteiger partial charge in [-0.15, -0.1) is 0 Å². The minimum Gasteiger partial charge on any atom is -0.383 e. The van der Waals surface area contributed by atoms with E-state index in [0.717, 1.165) is 30.6 Å². The number of carbonyl (C=O) groups excluding carboxylic acids is 1. The number of piperidine rings is 1. The average molecular weight is 343 g/mol. The number of hydrogen-bond acceptors (Lipinski definition) is 5. The lowest BCUT2D eigenvalue weighted by molar-refractivity contribution is 0.0933. The van der Waals surface area contributed by atoms with Crippen molar-refractivity contribution in [2.45, 2.75) is 32.7 Å². The molecule has 1 aliphatic heterocycles. The Kier molecular flexibility index (Phi) is 4.83. The van der Waals surface area contributed by atoms with E-state index in [0.29, 0.717) is 17.9 Å². The Balaban J connectivity index is 1.70. The molecule has 0 spiro atoms. The molecule has 6 nitrogen and oxygen atoms in total. The van der Waals surface area contributed by atoms with Gasteiger partial charge in [0.15, 0.2) is 0 Å². The van der Waals surface area contributed by atoms with Crippen molar-refractivity contribution in [1.29, 1.82) is 0 Å². The normalized spacial score (nSPS) is 17.4. The predicted octanol–water partition coefficient (Wildman–Crippen LogP) is 2.21. The number of benzene rings is 1. The summed E-state index contributed by atoms with van der Waals surface area (Å²) in [5.74, 6) is 0.217. The van der Waals surface area contributed by atoms with E-state index < -0.39 is 0 Å². The molecule has 2 aromatic rings. The highest BCUT2D eigenvalue weighted by atomic mass is 19.1. The molecule has 132 valence electrons. The molecule has 0 bridgehead atoms. The molecule has 1 aromatic carbocycles. The summed E-state index contributed by atoms with van der Waals surface area (Å²) in [5, 5.41) is 3.01. The average Bonchev–Trinajstić information content (AvgIpc) is 2.55. The van der Waals surface area contributed by atoms with Crippen LogP contribution in [0.15, 0.2) is 24.4 Å². The van der Waals surface area contributed by atoms with Crippen LogP contribution in [0.5, 0.6) is 0 Å². The van der Waals surface area contributed by atoms with Crippen LogP contribution in [0.25, 0.3) is 0 Å². The number of amides is 1. The summed E-state index contributed by atoms with van der Waals surface area (Å²) in [4.78, 5) is 22.7. The van der Waals surface area contributed by atoms with E-state index in [1.807, 2.05) is 6.92 Å². The molecule has 0 aliphatic carbocycles. The Hall–Kier alpha value is -2.70. The number of carbonyl (C=O) groups is 1. The van der Waals surface area contributed by atoms with Gasteiger partial charge in [-0.25, -0.2) is 14.4 Å². The molecule has 1 saturated heterocycles. The van der Waals surface area contributed by atoms with E-state index >= 15 is 0 Å². The van der Waals surface area contributed by atoms with Crippen molar-refractivity contribution < 1.29 is 9.18 Å². The van der Waals surface area contributed by atoms with Gasteiger partial charge in [-0.05, 0) is 50.5 Å². The molecule has 1 fully saturated rings. The lowest BCUT2D eigenvalue weighted by Crippen LogP contribution is -2.48. The van der Waals surface area contributed by atoms with E-state index in [1.54, 1.807) is 13.0 Å². The minimum atomic E-state index is -0.264. The maximum absolute atomic E-state index is 13.3. The van der Waals surface area contributed by atoms with Crippen LogP contribution in [0.1, 0.15) is 34.6 Å². The smallest absolute Gasteiger partial charge is 0.256 e. The Bertz CT molecular complexity index is 795. The highest BCUT2D eigenvalue weighted by molar-refractivity contribution is 5.98. The second-order valence-electron chi connectivity index (χ2n) is 6.41. The van der Waals surface area contributed by atoms with E-state index in [2.05, 4.69) is 20.2 Å². The molecular weight excluding hydrogens is 321 g/mol. The van der Waals surface area contributed by atoms with Crippen molar-refractivity contribution in [3.05, 3.63) is 47.2 Å². The topological polar surface area (TPSA) is 84.1 Å². The van der Waals surface area contributed by atoms with Crippen LogP contribution in [0, 0.1) is 19.7 Å². The number of rotatable bonds is 3. The summed E-state index contributed by atoms with van der Waals surface area (Å²) >= 11 is 0. The number of halogens is 1. The van der Waals surface area contributed by atoms with Crippen molar-refractivity contribution in [3.8, 4) is 0 Å². The summed E-state index contributed by atoms with van der Waals surface area (Å²) < 4.78 is 13.3. The zero-order chi connectivity index (χ0) is 18.0. The Morgan fingerprint density at radius 3 is 2.92 bits per heavy atom. The van der Waals surface area contributed by atoms with E-state index in [-0.39, 0.29) is 23.6 Å². The molecule has 3 rings (SSSR count). The van der Waals surface area contributed by atoms with E-state index in [4.69, 9.17) is 5.73 Å². The third-order valence-electron chi connectivity index (χ3n) is 4.44. The maximum atomic E-state index is 13.3. The fraction of sp³-hybridized carbons (Fsp3) is 0.389. The monoisotopic (exact) mass is 343 g/mol. The first-order valence-corrected chi connectivity index (χ1v) is 8.35. The first-order chi connectivity index (χ1) is 11.9. The molecule has 1 atom stereocenters. The highest BCUT2D eigenvalue weighted by Gasteiger charge is 2.24. The lowest BCUT2D eigenvalue weighted by Gasteiger charge is -2.35. The number of aromatic nitrogens is 2. The van der Waals surface area contributed by atoms with Gasteiger partial charge >= 0.3 is 0 Å². The van der Waals surface area contributed by atoms with Crippen LogP contribution >= 0.6 is 0 Å². The van der Waals surface area contributed by atoms with E-state index in [1.165, 1.54) is 18.3 Å². The van der Waals surface area contributed by atoms with Gasteiger partial charge in [0.2, 0.25) is 0 Å². The highest BCUT2D eigenvalue weighted by Crippen LogP contribution is 2.24. The van der Waals surface area contributed by atoms with Crippen molar-refractivity contribution in [1.82, 2.24) is 15.3 Å². The summed E-state index contributed by atoms with van der Waals surface area (Å²) in [6, 6.07) is 4.78. The molecule has 1 aromatic heterocycles. The molecule has 2 heterocycles. The van der Waals surface area contributed by atoms with Crippen molar-refractivity contribution in [3.63, 3.8) is 0 Å². The summed E-state index contributed by atoms with van der Waals surface area (Å²) in [6.07, 6.45) is 3.29. The van der Waals surface area contributed by atoms with Crippen LogP contribution in [-0.4, -0.2) is 35.0 Å². The standard InChI is InChI=1S/C18H22FN5O/c1-11-8-13(19)5-6-16(11)24-7-3-4-14(10-24)23-18(25)15-9-21-12(2)22-17(15)20/h5-6,8-9,14H,3-4,7,10H2,1-2H3,(H,23,25)(H2,20,21,22). The second-order valence-corrected chi connectivity index (χ2v) is 6.41. The largest absolute Gasteiger partial charge is 0.383 e. The number of nitrogens with zero attached hydrogens (tertiary/aromatic N) is 3. The molecule has 0 radical (unpaired) electrons. The molecule has 3 N–H and O–H groups in total. The molecule has 0 saturated carbocycles. The van der Waals surface area contributed by atoms with Gasteiger partial charge in [-0.1, -0.05) is 0 Å². The van der Waals surface area contributed by atoms with Gasteiger partial charge in [0.05, 0.1) is 5.56 Å². The number of nitrogen functional groups attached to an aromatic ring is 1. The van der Waals surface area contributed by atoms with Crippen molar-refractivity contribution >= 4 is 17.4 Å². The fourth-order valence-electron chi connectivity index (χ4n) is 3.21. The first kappa shape index (κ1) is 17.1. The number of nitrogens with two attached hydrogens (primary N) is 1. The van der Waals surface area contributed by atoms with Crippen molar-refractivity contribution in [2.75, 3.05) is 23.7 Å². The predicted molar refractivity (Wildman–Crippen MR) is 95.0 cm³/mol. The van der Waals surface area contributed by atoms with Gasteiger partial charge in [0, 0.05) is 31.0 Å². The Morgan fingerprint density at radius 2 is 2.20 bits per heavy atom. The SMILES string of the molecule is Cc1ncc(C(=O)NC2CCCN(c3ccc(F)cc3C)C2)c(N)n1. The van der Waals surface area contributed by atoms with Crippen LogP contribution in [0.4, 0.5) is 15.9 Å². The third-order valence-corrected chi connectivity index (χ3v) is 4.44. The third kappa shape index (κ3) is 3.87. The molecule has 1 amide bonds. The summed E-state index contributed by atoms with van der Waals surface area (Å²) in [6.45, 7) is 5.17. The van der Waals surface area contributed by atoms with E-state index in [9.17, 15) is 9.18 Å². The first-order valence-electron chi connectivity index (χ1n) is 8.35. The molecule has 25 heavy (non-hydrogen) atoms. The number of nitrogens with one attached hydrogen (secondary N) is 1. The maximum Gasteiger partial charge on any atom is 0.256 e. The van der Waals surface area contributed by atoms with Crippen LogP contribution in [-0.2, 0) is 0 Å². The zero-order valence-corrected chi connectivity index (χ0v) is 14.4. The molecule has 7 heteroatoms. The molecular formula is C18H22FN5O. The Labute approximate surface area is 146 Å². The number of aryl methyl sites for hydroxylation is 2. The number of hydrogen-bond donors (Lipinski definition) is 2. The van der Waals surface area contributed by atoms with Crippen molar-refractivity contribution in [2.24, 2.45) is 0 Å².